The first-order valence-electron chi connectivity index (χ1n) is 7.92. The molecule has 1 saturated carbocycles. The third-order valence-corrected chi connectivity index (χ3v) is 5.21. The molecule has 0 radical (unpaired) electrons. The number of hydrogen-bond donors (Lipinski definition) is 0. The van der Waals surface area contributed by atoms with Crippen LogP contribution in [0, 0.1) is 12.8 Å². The monoisotopic (exact) mass is 345 g/mol. The van der Waals surface area contributed by atoms with E-state index < -0.39 is 12.1 Å². The fourth-order valence-electron chi connectivity index (χ4n) is 3.45. The van der Waals surface area contributed by atoms with Crippen LogP contribution >= 0.6 is 11.6 Å². The maximum absolute atomic E-state index is 12.8. The molecule has 1 aliphatic rings. The molecule has 3 nitrogen and oxygen atoms in total. The van der Waals surface area contributed by atoms with Gasteiger partial charge in [0.2, 0.25) is 0 Å². The minimum atomic E-state index is -4.08. The highest BCUT2D eigenvalue weighted by atomic mass is 35.5. The van der Waals surface area contributed by atoms with Crippen LogP contribution in [0.4, 0.5) is 13.2 Å². The average Bonchev–Trinajstić information content (AvgIpc) is 2.91. The number of rotatable bonds is 2. The molecule has 0 unspecified atom stereocenters. The SMILES string of the molecule is CCc1c(C)nc2cc(C3CCC(C(F)(F)F)CC3)nn2c1Cl. The third-order valence-electron chi connectivity index (χ3n) is 4.83. The molecule has 0 amide bonds. The lowest BCUT2D eigenvalue weighted by atomic mass is 9.80. The van der Waals surface area contributed by atoms with E-state index >= 15 is 0 Å². The first kappa shape index (κ1) is 16.6. The quantitative estimate of drug-likeness (QED) is 0.710. The minimum Gasteiger partial charge on any atom is -0.233 e. The number of alkyl halides is 3. The van der Waals surface area contributed by atoms with E-state index in [0.29, 0.717) is 23.6 Å². The highest BCUT2D eigenvalue weighted by Gasteiger charge is 2.41. The Hall–Kier alpha value is -1.30. The molecule has 0 N–H and O–H groups in total. The first-order chi connectivity index (χ1) is 10.8. The van der Waals surface area contributed by atoms with Crippen LogP contribution < -0.4 is 0 Å². The fourth-order valence-corrected chi connectivity index (χ4v) is 3.84. The topological polar surface area (TPSA) is 30.2 Å². The predicted octanol–water partition coefficient (Wildman–Crippen LogP) is 5.09. The van der Waals surface area contributed by atoms with Crippen molar-refractivity contribution in [1.82, 2.24) is 14.6 Å². The van der Waals surface area contributed by atoms with Gasteiger partial charge in [-0.2, -0.15) is 18.3 Å². The van der Waals surface area contributed by atoms with Gasteiger partial charge in [-0.05, 0) is 39.0 Å². The second-order valence-corrected chi connectivity index (χ2v) is 6.61. The van der Waals surface area contributed by atoms with Gasteiger partial charge in [-0.1, -0.05) is 18.5 Å². The summed E-state index contributed by atoms with van der Waals surface area (Å²) in [6.45, 7) is 3.91. The number of fused-ring (bicyclic) bond motifs is 1. The molecule has 0 saturated heterocycles. The van der Waals surface area contributed by atoms with E-state index in [1.807, 2.05) is 19.9 Å². The van der Waals surface area contributed by atoms with Gasteiger partial charge in [-0.3, -0.25) is 0 Å². The molecule has 3 rings (SSSR count). The van der Waals surface area contributed by atoms with Crippen molar-refractivity contribution in [3.05, 3.63) is 28.2 Å². The zero-order valence-corrected chi connectivity index (χ0v) is 13.9. The molecule has 0 spiro atoms. The van der Waals surface area contributed by atoms with Crippen LogP contribution in [-0.2, 0) is 6.42 Å². The summed E-state index contributed by atoms with van der Waals surface area (Å²) in [5.41, 5.74) is 3.29. The van der Waals surface area contributed by atoms with Gasteiger partial charge in [0.15, 0.2) is 5.65 Å². The smallest absolute Gasteiger partial charge is 0.233 e. The summed E-state index contributed by atoms with van der Waals surface area (Å²) in [6.07, 6.45) is -1.97. The van der Waals surface area contributed by atoms with E-state index in [0.717, 1.165) is 23.4 Å². The molecule has 126 valence electrons. The van der Waals surface area contributed by atoms with Crippen molar-refractivity contribution in [2.24, 2.45) is 5.92 Å². The standard InChI is InChI=1S/C16H19ClF3N3/c1-3-12-9(2)21-14-8-13(22-23(14)15(12)17)10-4-6-11(7-5-10)16(18,19)20/h8,10-11H,3-7H2,1-2H3. The molecular formula is C16H19ClF3N3. The number of aromatic nitrogens is 3. The van der Waals surface area contributed by atoms with Crippen LogP contribution in [0.25, 0.3) is 5.65 Å². The van der Waals surface area contributed by atoms with Crippen molar-refractivity contribution in [2.45, 2.75) is 58.0 Å². The van der Waals surface area contributed by atoms with Gasteiger partial charge in [0.1, 0.15) is 5.15 Å². The Labute approximate surface area is 137 Å². The number of aryl methyl sites for hydroxylation is 1. The molecule has 0 atom stereocenters. The lowest BCUT2D eigenvalue weighted by molar-refractivity contribution is -0.182. The van der Waals surface area contributed by atoms with Crippen LogP contribution in [0.15, 0.2) is 6.07 Å². The van der Waals surface area contributed by atoms with Crippen molar-refractivity contribution < 1.29 is 13.2 Å². The van der Waals surface area contributed by atoms with E-state index in [-0.39, 0.29) is 18.8 Å². The summed E-state index contributed by atoms with van der Waals surface area (Å²) >= 11 is 6.39. The summed E-state index contributed by atoms with van der Waals surface area (Å²) in [5.74, 6) is -1.12. The second-order valence-electron chi connectivity index (χ2n) is 6.25. The number of halogens is 4. The summed E-state index contributed by atoms with van der Waals surface area (Å²) in [4.78, 5) is 4.51. The zero-order chi connectivity index (χ0) is 16.8. The van der Waals surface area contributed by atoms with E-state index in [1.54, 1.807) is 4.52 Å². The van der Waals surface area contributed by atoms with Crippen molar-refractivity contribution in [1.29, 1.82) is 0 Å². The van der Waals surface area contributed by atoms with E-state index in [4.69, 9.17) is 11.6 Å². The van der Waals surface area contributed by atoms with Gasteiger partial charge in [-0.25, -0.2) is 9.50 Å². The second kappa shape index (κ2) is 5.96. The highest BCUT2D eigenvalue weighted by molar-refractivity contribution is 6.30. The Morgan fingerprint density at radius 2 is 1.91 bits per heavy atom. The van der Waals surface area contributed by atoms with Gasteiger partial charge in [0, 0.05) is 23.2 Å². The molecule has 0 aliphatic heterocycles. The maximum atomic E-state index is 12.8. The zero-order valence-electron chi connectivity index (χ0n) is 13.1. The van der Waals surface area contributed by atoms with Gasteiger partial charge in [-0.15, -0.1) is 0 Å². The molecule has 23 heavy (non-hydrogen) atoms. The summed E-state index contributed by atoms with van der Waals surface area (Å²) in [5, 5.41) is 5.06. The summed E-state index contributed by atoms with van der Waals surface area (Å²) in [7, 11) is 0. The Morgan fingerprint density at radius 3 is 2.48 bits per heavy atom. The van der Waals surface area contributed by atoms with Crippen LogP contribution in [0.2, 0.25) is 5.15 Å². The Balaban J connectivity index is 1.86. The van der Waals surface area contributed by atoms with Gasteiger partial charge >= 0.3 is 6.18 Å². The molecule has 1 aliphatic carbocycles. The van der Waals surface area contributed by atoms with Crippen LogP contribution in [0.1, 0.15) is 55.5 Å². The molecular weight excluding hydrogens is 327 g/mol. The van der Waals surface area contributed by atoms with E-state index in [2.05, 4.69) is 10.1 Å². The van der Waals surface area contributed by atoms with Crippen molar-refractivity contribution in [3.8, 4) is 0 Å². The lowest BCUT2D eigenvalue weighted by Crippen LogP contribution is -2.27. The molecule has 0 bridgehead atoms. The lowest BCUT2D eigenvalue weighted by Gasteiger charge is -2.28. The van der Waals surface area contributed by atoms with Crippen molar-refractivity contribution in [3.63, 3.8) is 0 Å². The van der Waals surface area contributed by atoms with Crippen molar-refractivity contribution >= 4 is 17.2 Å². The summed E-state index contributed by atoms with van der Waals surface area (Å²) in [6, 6.07) is 1.86. The van der Waals surface area contributed by atoms with Gasteiger partial charge in [0.05, 0.1) is 11.6 Å². The molecule has 7 heteroatoms. The van der Waals surface area contributed by atoms with Crippen LogP contribution in [0.3, 0.4) is 0 Å². The Kier molecular flexibility index (Phi) is 4.29. The van der Waals surface area contributed by atoms with Gasteiger partial charge < -0.3 is 0 Å². The normalized spacial score (nSPS) is 22.7. The summed E-state index contributed by atoms with van der Waals surface area (Å²) < 4.78 is 39.9. The Morgan fingerprint density at radius 1 is 1.26 bits per heavy atom. The highest BCUT2D eigenvalue weighted by Crippen LogP contribution is 2.42. The Bertz CT molecular complexity index is 715. The number of hydrogen-bond acceptors (Lipinski definition) is 2. The molecule has 1 fully saturated rings. The molecule has 2 aromatic rings. The first-order valence-corrected chi connectivity index (χ1v) is 8.30. The average molecular weight is 346 g/mol. The molecule has 2 heterocycles. The van der Waals surface area contributed by atoms with Gasteiger partial charge in [0.25, 0.3) is 0 Å². The minimum absolute atomic E-state index is 0.0525. The largest absolute Gasteiger partial charge is 0.391 e. The predicted molar refractivity (Wildman–Crippen MR) is 82.9 cm³/mol. The molecule has 0 aromatic carbocycles. The maximum Gasteiger partial charge on any atom is 0.391 e. The van der Waals surface area contributed by atoms with Crippen LogP contribution in [0.5, 0.6) is 0 Å². The third kappa shape index (κ3) is 3.05. The van der Waals surface area contributed by atoms with Crippen LogP contribution in [-0.4, -0.2) is 20.8 Å². The molecule has 2 aromatic heterocycles. The van der Waals surface area contributed by atoms with E-state index in [9.17, 15) is 13.2 Å². The number of nitrogens with zero attached hydrogens (tertiary/aromatic N) is 3. The van der Waals surface area contributed by atoms with E-state index in [1.165, 1.54) is 0 Å². The van der Waals surface area contributed by atoms with Crippen molar-refractivity contribution in [2.75, 3.05) is 0 Å². The fraction of sp³-hybridized carbons (Fsp3) is 0.625.